The smallest absolute Gasteiger partial charge is 0.337 e. The molecule has 0 spiro atoms. The summed E-state index contributed by atoms with van der Waals surface area (Å²) in [6.07, 6.45) is 4.83. The number of rotatable bonds is 5. The molecule has 1 atom stereocenters. The highest BCUT2D eigenvalue weighted by molar-refractivity contribution is 6.33. The fourth-order valence-corrected chi connectivity index (χ4v) is 2.47. The van der Waals surface area contributed by atoms with Gasteiger partial charge in [0.25, 0.3) is 0 Å². The second kappa shape index (κ2) is 6.78. The van der Waals surface area contributed by atoms with E-state index >= 15 is 0 Å². The molecule has 104 valence electrons. The van der Waals surface area contributed by atoms with Crippen LogP contribution in [0.4, 0.5) is 5.69 Å². The molecule has 1 aliphatic heterocycles. The Bertz CT molecular complexity index is 444. The van der Waals surface area contributed by atoms with E-state index in [-0.39, 0.29) is 10.6 Å². The SMILES string of the molecule is O=C(O)c1ccc(NCCC2CCCCO2)cc1Cl. The van der Waals surface area contributed by atoms with E-state index in [0.717, 1.165) is 38.1 Å². The maximum atomic E-state index is 10.8. The van der Waals surface area contributed by atoms with Crippen molar-refractivity contribution < 1.29 is 14.6 Å². The lowest BCUT2D eigenvalue weighted by atomic mass is 10.1. The van der Waals surface area contributed by atoms with Gasteiger partial charge in [-0.3, -0.25) is 0 Å². The van der Waals surface area contributed by atoms with Crippen molar-refractivity contribution in [2.75, 3.05) is 18.5 Å². The molecule has 0 amide bonds. The van der Waals surface area contributed by atoms with E-state index in [4.69, 9.17) is 21.4 Å². The standard InChI is InChI=1S/C14H18ClNO3/c15-13-9-10(4-5-12(13)14(17)18)16-7-6-11-3-1-2-8-19-11/h4-5,9,11,16H,1-3,6-8H2,(H,17,18). The van der Waals surface area contributed by atoms with E-state index in [1.165, 1.54) is 12.5 Å². The van der Waals surface area contributed by atoms with Gasteiger partial charge in [0.05, 0.1) is 16.7 Å². The van der Waals surface area contributed by atoms with Crippen LogP contribution in [0, 0.1) is 0 Å². The predicted octanol–water partition coefficient (Wildman–Crippen LogP) is 3.41. The summed E-state index contributed by atoms with van der Waals surface area (Å²) < 4.78 is 5.65. The molecule has 0 aromatic heterocycles. The summed E-state index contributed by atoms with van der Waals surface area (Å²) in [5.41, 5.74) is 0.966. The summed E-state index contributed by atoms with van der Waals surface area (Å²) in [6.45, 7) is 1.66. The summed E-state index contributed by atoms with van der Waals surface area (Å²) in [4.78, 5) is 10.8. The van der Waals surface area contributed by atoms with Crippen molar-refractivity contribution >= 4 is 23.3 Å². The third-order valence-electron chi connectivity index (χ3n) is 3.27. The molecule has 1 saturated heterocycles. The first kappa shape index (κ1) is 14.2. The molecule has 1 aliphatic rings. The minimum atomic E-state index is -1.01. The molecular formula is C14H18ClNO3. The van der Waals surface area contributed by atoms with Crippen molar-refractivity contribution in [3.63, 3.8) is 0 Å². The molecule has 1 heterocycles. The van der Waals surface area contributed by atoms with Gasteiger partial charge in [-0.2, -0.15) is 0 Å². The van der Waals surface area contributed by atoms with Crippen molar-refractivity contribution in [2.45, 2.75) is 31.8 Å². The minimum absolute atomic E-state index is 0.128. The number of hydrogen-bond donors (Lipinski definition) is 2. The molecule has 1 unspecified atom stereocenters. The van der Waals surface area contributed by atoms with Crippen LogP contribution >= 0.6 is 11.6 Å². The van der Waals surface area contributed by atoms with E-state index in [9.17, 15) is 4.79 Å². The second-order valence-corrected chi connectivity index (χ2v) is 5.11. The third-order valence-corrected chi connectivity index (χ3v) is 3.58. The van der Waals surface area contributed by atoms with Crippen LogP contribution in [0.2, 0.25) is 5.02 Å². The van der Waals surface area contributed by atoms with E-state index in [1.807, 2.05) is 0 Å². The molecule has 1 aromatic carbocycles. The van der Waals surface area contributed by atoms with Crippen molar-refractivity contribution in [1.29, 1.82) is 0 Å². The van der Waals surface area contributed by atoms with Gasteiger partial charge in [-0.25, -0.2) is 4.79 Å². The normalized spacial score (nSPS) is 19.1. The molecule has 1 aromatic rings. The monoisotopic (exact) mass is 283 g/mol. The second-order valence-electron chi connectivity index (χ2n) is 4.70. The molecule has 5 heteroatoms. The molecule has 0 bridgehead atoms. The van der Waals surface area contributed by atoms with Gasteiger partial charge >= 0.3 is 5.97 Å². The highest BCUT2D eigenvalue weighted by Crippen LogP contribution is 2.21. The average Bonchev–Trinajstić information content (AvgIpc) is 2.39. The number of benzene rings is 1. The number of ether oxygens (including phenoxy) is 1. The quantitative estimate of drug-likeness (QED) is 0.869. The number of nitrogens with one attached hydrogen (secondary N) is 1. The number of carbonyl (C=O) groups is 1. The number of anilines is 1. The van der Waals surface area contributed by atoms with Gasteiger partial charge in [0.2, 0.25) is 0 Å². The van der Waals surface area contributed by atoms with Crippen LogP contribution in [0.15, 0.2) is 18.2 Å². The Morgan fingerprint density at radius 1 is 1.47 bits per heavy atom. The van der Waals surface area contributed by atoms with E-state index in [2.05, 4.69) is 5.32 Å². The van der Waals surface area contributed by atoms with Gasteiger partial charge in [-0.15, -0.1) is 0 Å². The zero-order valence-electron chi connectivity index (χ0n) is 10.7. The lowest BCUT2D eigenvalue weighted by Crippen LogP contribution is -2.22. The summed E-state index contributed by atoms with van der Waals surface area (Å²) in [5.74, 6) is -1.01. The van der Waals surface area contributed by atoms with Crippen LogP contribution in [-0.2, 0) is 4.74 Å². The number of hydrogen-bond acceptors (Lipinski definition) is 3. The van der Waals surface area contributed by atoms with Crippen LogP contribution in [-0.4, -0.2) is 30.3 Å². The Balaban J connectivity index is 1.82. The molecule has 2 rings (SSSR count). The summed E-state index contributed by atoms with van der Waals surface area (Å²) in [5, 5.41) is 12.4. The van der Waals surface area contributed by atoms with Gasteiger partial charge in [-0.1, -0.05) is 11.6 Å². The first-order chi connectivity index (χ1) is 9.16. The van der Waals surface area contributed by atoms with Gasteiger partial charge in [0.15, 0.2) is 0 Å². The number of carboxylic acid groups (broad SMARTS) is 1. The summed E-state index contributed by atoms with van der Waals surface area (Å²) in [7, 11) is 0. The van der Waals surface area contributed by atoms with E-state index in [0.29, 0.717) is 6.10 Å². The Hall–Kier alpha value is -1.26. The fourth-order valence-electron chi connectivity index (χ4n) is 2.21. The zero-order valence-corrected chi connectivity index (χ0v) is 11.4. The maximum Gasteiger partial charge on any atom is 0.337 e. The molecule has 4 nitrogen and oxygen atoms in total. The largest absolute Gasteiger partial charge is 0.478 e. The molecule has 0 saturated carbocycles. The molecular weight excluding hydrogens is 266 g/mol. The fraction of sp³-hybridized carbons (Fsp3) is 0.500. The van der Waals surface area contributed by atoms with Crippen molar-refractivity contribution in [2.24, 2.45) is 0 Å². The van der Waals surface area contributed by atoms with Crippen LogP contribution in [0.1, 0.15) is 36.0 Å². The van der Waals surface area contributed by atoms with Gasteiger partial charge in [0.1, 0.15) is 0 Å². The number of carboxylic acids is 1. The lowest BCUT2D eigenvalue weighted by molar-refractivity contribution is 0.0134. The summed E-state index contributed by atoms with van der Waals surface area (Å²) >= 11 is 5.91. The highest BCUT2D eigenvalue weighted by Gasteiger charge is 2.13. The Labute approximate surface area is 117 Å². The zero-order chi connectivity index (χ0) is 13.7. The maximum absolute atomic E-state index is 10.8. The van der Waals surface area contributed by atoms with E-state index in [1.54, 1.807) is 12.1 Å². The van der Waals surface area contributed by atoms with Crippen LogP contribution in [0.3, 0.4) is 0 Å². The molecule has 19 heavy (non-hydrogen) atoms. The van der Waals surface area contributed by atoms with Crippen molar-refractivity contribution in [3.05, 3.63) is 28.8 Å². The predicted molar refractivity (Wildman–Crippen MR) is 75.1 cm³/mol. The van der Waals surface area contributed by atoms with Gasteiger partial charge in [-0.05, 0) is 43.9 Å². The molecule has 2 N–H and O–H groups in total. The highest BCUT2D eigenvalue weighted by atomic mass is 35.5. The van der Waals surface area contributed by atoms with E-state index < -0.39 is 5.97 Å². The third kappa shape index (κ3) is 4.11. The Morgan fingerprint density at radius 3 is 2.95 bits per heavy atom. The lowest BCUT2D eigenvalue weighted by Gasteiger charge is -2.22. The van der Waals surface area contributed by atoms with Gasteiger partial charge < -0.3 is 15.2 Å². The van der Waals surface area contributed by atoms with Gasteiger partial charge in [0, 0.05) is 18.8 Å². The molecule has 0 aliphatic carbocycles. The summed E-state index contributed by atoms with van der Waals surface area (Å²) in [6, 6.07) is 4.90. The number of halogens is 1. The van der Waals surface area contributed by atoms with Crippen molar-refractivity contribution in [3.8, 4) is 0 Å². The van der Waals surface area contributed by atoms with Crippen LogP contribution in [0.5, 0.6) is 0 Å². The average molecular weight is 284 g/mol. The molecule has 1 fully saturated rings. The van der Waals surface area contributed by atoms with Crippen molar-refractivity contribution in [1.82, 2.24) is 0 Å². The topological polar surface area (TPSA) is 58.6 Å². The minimum Gasteiger partial charge on any atom is -0.478 e. The Kier molecular flexibility index (Phi) is 5.05. The first-order valence-corrected chi connectivity index (χ1v) is 6.93. The van der Waals surface area contributed by atoms with Crippen LogP contribution < -0.4 is 5.32 Å². The number of aromatic carboxylic acids is 1. The Morgan fingerprint density at radius 2 is 2.32 bits per heavy atom. The molecule has 0 radical (unpaired) electrons. The van der Waals surface area contributed by atoms with Crippen LogP contribution in [0.25, 0.3) is 0 Å². The first-order valence-electron chi connectivity index (χ1n) is 6.55.